The molecule has 0 aromatic rings. The molecular weight excluding hydrogens is 396 g/mol. The molecule has 0 amide bonds. The number of fused-ring (bicyclic) bond motifs is 3. The number of aliphatic hydroxyl groups excluding tert-OH is 1. The molecule has 0 aromatic carbocycles. The first kappa shape index (κ1) is 22.4. The normalized spacial score (nSPS) is 50.3. The van der Waals surface area contributed by atoms with Gasteiger partial charge in [-0.15, -0.1) is 0 Å². The van der Waals surface area contributed by atoms with E-state index in [4.69, 9.17) is 4.74 Å². The summed E-state index contributed by atoms with van der Waals surface area (Å²) in [4.78, 5) is 40.6. The van der Waals surface area contributed by atoms with Gasteiger partial charge in [-0.1, -0.05) is 39.8 Å². The van der Waals surface area contributed by atoms with E-state index in [1.54, 1.807) is 39.8 Å². The Morgan fingerprint density at radius 1 is 1.23 bits per heavy atom. The van der Waals surface area contributed by atoms with Gasteiger partial charge in [0.1, 0.15) is 6.10 Å². The number of rotatable bonds is 2. The molecule has 4 rings (SSSR count). The number of hydrogen-bond donors (Lipinski definition) is 2. The van der Waals surface area contributed by atoms with Crippen LogP contribution in [0.5, 0.6) is 0 Å². The zero-order chi connectivity index (χ0) is 23.5. The lowest BCUT2D eigenvalue weighted by atomic mass is 9.47. The fraction of sp³-hybridized carbons (Fsp3) is 0.720. The van der Waals surface area contributed by atoms with Crippen LogP contribution in [0.2, 0.25) is 0 Å². The summed E-state index contributed by atoms with van der Waals surface area (Å²) in [5, 5.41) is 23.4. The SMILES string of the molecule is C/C=C(/C)C(=O)O[C@H]1C(C)=C[C@]23C(=O)[C@@](C)(C(=O)[C@@H](O)[C@]12O)[C@@]1(C)[C@@H](C[C@H]3C)C1(C)C. The van der Waals surface area contributed by atoms with Crippen molar-refractivity contribution in [2.24, 2.45) is 33.5 Å². The van der Waals surface area contributed by atoms with Crippen LogP contribution in [0.15, 0.2) is 23.3 Å². The second-order valence-corrected chi connectivity index (χ2v) is 11.2. The maximum Gasteiger partial charge on any atom is 0.334 e. The summed E-state index contributed by atoms with van der Waals surface area (Å²) in [5.41, 5.74) is -5.21. The average Bonchev–Trinajstić information content (AvgIpc) is 3.05. The first-order valence-corrected chi connectivity index (χ1v) is 11.1. The van der Waals surface area contributed by atoms with Gasteiger partial charge in [0.15, 0.2) is 23.3 Å². The Morgan fingerprint density at radius 3 is 2.35 bits per heavy atom. The molecule has 170 valence electrons. The molecule has 4 aliphatic rings. The van der Waals surface area contributed by atoms with Crippen LogP contribution in [-0.2, 0) is 19.1 Å². The second-order valence-electron chi connectivity index (χ2n) is 11.2. The van der Waals surface area contributed by atoms with Crippen molar-refractivity contribution < 1.29 is 29.3 Å². The molecule has 3 fully saturated rings. The summed E-state index contributed by atoms with van der Waals surface area (Å²) in [6, 6.07) is 0. The quantitative estimate of drug-likeness (QED) is 0.302. The van der Waals surface area contributed by atoms with E-state index in [1.807, 2.05) is 13.8 Å². The van der Waals surface area contributed by atoms with Gasteiger partial charge in [-0.3, -0.25) is 9.59 Å². The van der Waals surface area contributed by atoms with Crippen molar-refractivity contribution in [3.05, 3.63) is 23.3 Å². The van der Waals surface area contributed by atoms with E-state index in [2.05, 4.69) is 13.8 Å². The minimum Gasteiger partial charge on any atom is -0.451 e. The number of ketones is 2. The van der Waals surface area contributed by atoms with Gasteiger partial charge < -0.3 is 14.9 Å². The largest absolute Gasteiger partial charge is 0.451 e. The Labute approximate surface area is 183 Å². The van der Waals surface area contributed by atoms with Crippen LogP contribution in [0.25, 0.3) is 0 Å². The molecule has 31 heavy (non-hydrogen) atoms. The molecule has 0 aliphatic heterocycles. The molecule has 4 aliphatic carbocycles. The van der Waals surface area contributed by atoms with Gasteiger partial charge in [0.2, 0.25) is 0 Å². The van der Waals surface area contributed by atoms with Crippen LogP contribution in [0.4, 0.5) is 0 Å². The van der Waals surface area contributed by atoms with Gasteiger partial charge in [-0.05, 0) is 62.4 Å². The third-order valence-corrected chi connectivity index (χ3v) is 10.1. The van der Waals surface area contributed by atoms with Gasteiger partial charge >= 0.3 is 5.97 Å². The van der Waals surface area contributed by atoms with Crippen LogP contribution in [0, 0.1) is 33.5 Å². The Hall–Kier alpha value is -1.79. The minimum absolute atomic E-state index is 0.0994. The first-order chi connectivity index (χ1) is 14.1. The van der Waals surface area contributed by atoms with E-state index >= 15 is 0 Å². The molecule has 0 unspecified atom stereocenters. The van der Waals surface area contributed by atoms with E-state index in [0.717, 1.165) is 0 Å². The number of carbonyl (C=O) groups is 3. The minimum atomic E-state index is -2.23. The van der Waals surface area contributed by atoms with E-state index < -0.39 is 45.8 Å². The van der Waals surface area contributed by atoms with E-state index in [-0.39, 0.29) is 23.0 Å². The van der Waals surface area contributed by atoms with Crippen LogP contribution >= 0.6 is 0 Å². The molecule has 0 heterocycles. The number of aliphatic hydroxyl groups is 2. The number of hydrogen-bond acceptors (Lipinski definition) is 6. The van der Waals surface area contributed by atoms with E-state index in [1.165, 1.54) is 0 Å². The molecule has 1 spiro atoms. The molecule has 6 nitrogen and oxygen atoms in total. The Morgan fingerprint density at radius 2 is 1.81 bits per heavy atom. The van der Waals surface area contributed by atoms with Crippen LogP contribution < -0.4 is 0 Å². The molecule has 6 heteroatoms. The van der Waals surface area contributed by atoms with Crippen molar-refractivity contribution in [1.82, 2.24) is 0 Å². The zero-order valence-corrected chi connectivity index (χ0v) is 19.7. The summed E-state index contributed by atoms with van der Waals surface area (Å²) in [7, 11) is 0. The van der Waals surface area contributed by atoms with Crippen LogP contribution in [0.1, 0.15) is 61.8 Å². The molecule has 0 radical (unpaired) electrons. The number of Topliss-reactive ketones (excluding diaryl/α,β-unsaturated/α-hetero) is 2. The number of ether oxygens (including phenoxy) is 1. The lowest BCUT2D eigenvalue weighted by molar-refractivity contribution is -0.226. The number of esters is 1. The third kappa shape index (κ3) is 2.01. The highest BCUT2D eigenvalue weighted by Crippen LogP contribution is 2.82. The summed E-state index contributed by atoms with van der Waals surface area (Å²) in [6.07, 6.45) is 0.775. The fourth-order valence-electron chi connectivity index (χ4n) is 7.65. The van der Waals surface area contributed by atoms with Crippen molar-refractivity contribution in [3.63, 3.8) is 0 Å². The zero-order valence-electron chi connectivity index (χ0n) is 19.7. The lowest BCUT2D eigenvalue weighted by Crippen LogP contribution is -2.76. The van der Waals surface area contributed by atoms with Crippen molar-refractivity contribution in [3.8, 4) is 0 Å². The summed E-state index contributed by atoms with van der Waals surface area (Å²) in [6.45, 7) is 14.6. The average molecular weight is 431 g/mol. The first-order valence-electron chi connectivity index (χ1n) is 11.1. The molecule has 2 N–H and O–H groups in total. The Kier molecular flexibility index (Phi) is 4.31. The summed E-state index contributed by atoms with van der Waals surface area (Å²) >= 11 is 0. The second kappa shape index (κ2) is 5.96. The number of allylic oxidation sites excluding steroid dienone is 1. The predicted octanol–water partition coefficient (Wildman–Crippen LogP) is 2.76. The van der Waals surface area contributed by atoms with Gasteiger partial charge in [0.05, 0.1) is 10.8 Å². The smallest absolute Gasteiger partial charge is 0.334 e. The molecular formula is C25H34O6. The predicted molar refractivity (Wildman–Crippen MR) is 114 cm³/mol. The van der Waals surface area contributed by atoms with Crippen LogP contribution in [0.3, 0.4) is 0 Å². The number of carbonyl (C=O) groups excluding carboxylic acids is 3. The van der Waals surface area contributed by atoms with Gasteiger partial charge in [-0.2, -0.15) is 0 Å². The van der Waals surface area contributed by atoms with Gasteiger partial charge in [0.25, 0.3) is 0 Å². The molecule has 8 atom stereocenters. The van der Waals surface area contributed by atoms with Crippen LogP contribution in [-0.4, -0.2) is 45.6 Å². The fourth-order valence-corrected chi connectivity index (χ4v) is 7.65. The highest BCUT2D eigenvalue weighted by atomic mass is 16.6. The highest BCUT2D eigenvalue weighted by Gasteiger charge is 2.88. The van der Waals surface area contributed by atoms with Crippen molar-refractivity contribution in [2.45, 2.75) is 79.6 Å². The topological polar surface area (TPSA) is 101 Å². The molecule has 2 bridgehead atoms. The maximum atomic E-state index is 14.3. The van der Waals surface area contributed by atoms with Gasteiger partial charge in [0, 0.05) is 5.57 Å². The molecule has 0 aromatic heterocycles. The highest BCUT2D eigenvalue weighted by molar-refractivity contribution is 6.17. The van der Waals surface area contributed by atoms with Gasteiger partial charge in [-0.25, -0.2) is 4.79 Å². The van der Waals surface area contributed by atoms with Crippen molar-refractivity contribution in [2.75, 3.05) is 0 Å². The van der Waals surface area contributed by atoms with E-state index in [0.29, 0.717) is 17.6 Å². The monoisotopic (exact) mass is 430 g/mol. The summed E-state index contributed by atoms with van der Waals surface area (Å²) < 4.78 is 5.64. The van der Waals surface area contributed by atoms with Crippen molar-refractivity contribution >= 4 is 17.5 Å². The third-order valence-electron chi connectivity index (χ3n) is 10.1. The van der Waals surface area contributed by atoms with Crippen molar-refractivity contribution in [1.29, 1.82) is 0 Å². The van der Waals surface area contributed by atoms with E-state index in [9.17, 15) is 24.6 Å². The lowest BCUT2D eigenvalue weighted by Gasteiger charge is -2.56. The Bertz CT molecular complexity index is 974. The Balaban J connectivity index is 1.94. The maximum absolute atomic E-state index is 14.3. The molecule has 3 saturated carbocycles. The summed E-state index contributed by atoms with van der Waals surface area (Å²) in [5.74, 6) is -1.93. The standard InChI is InChI=1S/C25H34O6/c1-9-12(2)19(28)31-18-13(3)11-24-14(4)10-15-21(5,6)23(15,8)22(7,20(24)29)16(26)17(27)25(18,24)30/h9,11,14-15,17-18,27,30H,10H2,1-8H3/b12-9-/t14-,15+,17-,18+,22-,23+,24+,25+/m1/s1. The molecule has 0 saturated heterocycles.